The van der Waals surface area contributed by atoms with Crippen LogP contribution in [0.4, 0.5) is 0 Å². The van der Waals surface area contributed by atoms with Gasteiger partial charge >= 0.3 is 0 Å². The van der Waals surface area contributed by atoms with E-state index in [1.54, 1.807) is 7.11 Å². The van der Waals surface area contributed by atoms with Crippen LogP contribution in [0, 0.1) is 5.92 Å². The molecule has 1 unspecified atom stereocenters. The number of hydrogen-bond acceptors (Lipinski definition) is 1. The Labute approximate surface area is 75.1 Å². The molecule has 1 atom stereocenters. The largest absolute Gasteiger partial charge is 0.380 e. The van der Waals surface area contributed by atoms with E-state index in [1.807, 2.05) is 0 Å². The van der Waals surface area contributed by atoms with Gasteiger partial charge in [-0.05, 0) is 37.5 Å². The van der Waals surface area contributed by atoms with Crippen LogP contribution < -0.4 is 0 Å². The highest BCUT2D eigenvalue weighted by Gasteiger charge is 2.22. The molecule has 1 heteroatoms. The Balaban J connectivity index is 2.92. The predicted octanol–water partition coefficient (Wildman–Crippen LogP) is 2.94. The summed E-state index contributed by atoms with van der Waals surface area (Å²) < 4.78 is 5.18. The molecule has 0 bridgehead atoms. The second-order valence-electron chi connectivity index (χ2n) is 3.61. The van der Waals surface area contributed by atoms with E-state index in [2.05, 4.69) is 27.7 Å². The summed E-state index contributed by atoms with van der Waals surface area (Å²) in [4.78, 5) is 0. The third-order valence-electron chi connectivity index (χ3n) is 3.11. The van der Waals surface area contributed by atoms with Crippen LogP contribution in [-0.4, -0.2) is 13.7 Å². The average molecular weight is 166 g/mol. The molecular formula is C11H18O. The summed E-state index contributed by atoms with van der Waals surface area (Å²) in [6.07, 6.45) is 0. The van der Waals surface area contributed by atoms with Gasteiger partial charge < -0.3 is 4.74 Å². The molecule has 0 amide bonds. The lowest BCUT2D eigenvalue weighted by Gasteiger charge is -2.10. The van der Waals surface area contributed by atoms with Crippen molar-refractivity contribution in [2.45, 2.75) is 27.7 Å². The second kappa shape index (κ2) is 3.44. The third kappa shape index (κ3) is 1.34. The van der Waals surface area contributed by atoms with E-state index >= 15 is 0 Å². The fourth-order valence-electron chi connectivity index (χ4n) is 1.84. The van der Waals surface area contributed by atoms with Gasteiger partial charge in [-0.3, -0.25) is 0 Å². The molecule has 0 heterocycles. The highest BCUT2D eigenvalue weighted by molar-refractivity contribution is 5.46. The summed E-state index contributed by atoms with van der Waals surface area (Å²) in [6.45, 7) is 9.64. The van der Waals surface area contributed by atoms with Crippen molar-refractivity contribution in [1.82, 2.24) is 0 Å². The topological polar surface area (TPSA) is 9.23 Å². The van der Waals surface area contributed by atoms with Crippen LogP contribution in [0.15, 0.2) is 22.3 Å². The molecule has 12 heavy (non-hydrogen) atoms. The molecule has 0 aliphatic heterocycles. The van der Waals surface area contributed by atoms with Gasteiger partial charge in [0.15, 0.2) is 0 Å². The maximum Gasteiger partial charge on any atom is 0.0684 e. The Bertz CT molecular complexity index is 246. The number of ether oxygens (including phenoxy) is 1. The zero-order valence-electron chi connectivity index (χ0n) is 8.69. The van der Waals surface area contributed by atoms with Gasteiger partial charge in [-0.25, -0.2) is 0 Å². The lowest BCUT2D eigenvalue weighted by molar-refractivity contribution is 0.219. The second-order valence-corrected chi connectivity index (χ2v) is 3.61. The minimum absolute atomic E-state index is 0.588. The normalized spacial score (nSPS) is 24.2. The van der Waals surface area contributed by atoms with Crippen LogP contribution in [0.2, 0.25) is 0 Å². The molecule has 0 aromatic rings. The summed E-state index contributed by atoms with van der Waals surface area (Å²) in [5, 5.41) is 0. The number of allylic oxidation sites excluding steroid dienone is 3. The Morgan fingerprint density at radius 2 is 1.75 bits per heavy atom. The van der Waals surface area contributed by atoms with E-state index in [4.69, 9.17) is 4.74 Å². The van der Waals surface area contributed by atoms with E-state index < -0.39 is 0 Å². The zero-order valence-corrected chi connectivity index (χ0v) is 8.69. The first kappa shape index (κ1) is 9.53. The van der Waals surface area contributed by atoms with Crippen molar-refractivity contribution in [3.63, 3.8) is 0 Å². The molecule has 1 aliphatic carbocycles. The van der Waals surface area contributed by atoms with E-state index in [0.717, 1.165) is 6.61 Å². The molecule has 1 nitrogen and oxygen atoms in total. The molecule has 0 aromatic carbocycles. The van der Waals surface area contributed by atoms with Crippen LogP contribution in [0.5, 0.6) is 0 Å². The van der Waals surface area contributed by atoms with Crippen LogP contribution in [0.25, 0.3) is 0 Å². The quantitative estimate of drug-likeness (QED) is 0.613. The van der Waals surface area contributed by atoms with Gasteiger partial charge in [0.2, 0.25) is 0 Å². The number of rotatable bonds is 2. The Kier molecular flexibility index (Phi) is 2.73. The molecule has 0 aromatic heterocycles. The highest BCUT2D eigenvalue weighted by Crippen LogP contribution is 2.36. The van der Waals surface area contributed by atoms with Crippen molar-refractivity contribution in [2.75, 3.05) is 13.7 Å². The van der Waals surface area contributed by atoms with E-state index in [-0.39, 0.29) is 0 Å². The van der Waals surface area contributed by atoms with E-state index in [0.29, 0.717) is 5.92 Å². The van der Waals surface area contributed by atoms with Crippen LogP contribution >= 0.6 is 0 Å². The number of methoxy groups -OCH3 is 1. The fourth-order valence-corrected chi connectivity index (χ4v) is 1.84. The van der Waals surface area contributed by atoms with Crippen LogP contribution in [-0.2, 0) is 4.74 Å². The molecular weight excluding hydrogens is 148 g/mol. The first-order valence-electron chi connectivity index (χ1n) is 4.46. The van der Waals surface area contributed by atoms with Gasteiger partial charge in [-0.1, -0.05) is 12.5 Å². The molecule has 0 radical (unpaired) electrons. The molecule has 0 saturated heterocycles. The summed E-state index contributed by atoms with van der Waals surface area (Å²) in [5.41, 5.74) is 5.84. The molecule has 0 fully saturated rings. The Morgan fingerprint density at radius 3 is 2.08 bits per heavy atom. The van der Waals surface area contributed by atoms with Crippen molar-refractivity contribution in [1.29, 1.82) is 0 Å². The SMILES string of the molecule is COCC1=C(C)C(C)=C(C)C1C. The Morgan fingerprint density at radius 1 is 1.17 bits per heavy atom. The minimum Gasteiger partial charge on any atom is -0.380 e. The molecule has 0 N–H and O–H groups in total. The van der Waals surface area contributed by atoms with Gasteiger partial charge in [0, 0.05) is 13.0 Å². The lowest BCUT2D eigenvalue weighted by atomic mass is 9.99. The van der Waals surface area contributed by atoms with Crippen molar-refractivity contribution >= 4 is 0 Å². The number of hydrogen-bond donors (Lipinski definition) is 0. The van der Waals surface area contributed by atoms with Gasteiger partial charge in [0.05, 0.1) is 6.61 Å². The Hall–Kier alpha value is -0.560. The smallest absolute Gasteiger partial charge is 0.0684 e. The van der Waals surface area contributed by atoms with Crippen LogP contribution in [0.1, 0.15) is 27.7 Å². The van der Waals surface area contributed by atoms with Gasteiger partial charge in [-0.2, -0.15) is 0 Å². The molecule has 1 aliphatic rings. The maximum atomic E-state index is 5.18. The van der Waals surface area contributed by atoms with Gasteiger partial charge in [-0.15, -0.1) is 0 Å². The summed E-state index contributed by atoms with van der Waals surface area (Å²) in [7, 11) is 1.76. The van der Waals surface area contributed by atoms with Crippen LogP contribution in [0.3, 0.4) is 0 Å². The lowest BCUT2D eigenvalue weighted by Crippen LogP contribution is -2.03. The standard InChI is InChI=1S/C11H18O/c1-7-8(2)10(4)11(6-12-5)9(7)3/h9H,6H2,1-5H3. The summed E-state index contributed by atoms with van der Waals surface area (Å²) >= 11 is 0. The molecule has 1 rings (SSSR count). The van der Waals surface area contributed by atoms with Crippen molar-refractivity contribution < 1.29 is 4.74 Å². The molecule has 68 valence electrons. The third-order valence-corrected chi connectivity index (χ3v) is 3.11. The van der Waals surface area contributed by atoms with Gasteiger partial charge in [0.1, 0.15) is 0 Å². The van der Waals surface area contributed by atoms with E-state index in [9.17, 15) is 0 Å². The van der Waals surface area contributed by atoms with Crippen molar-refractivity contribution in [2.24, 2.45) is 5.92 Å². The molecule has 0 spiro atoms. The minimum atomic E-state index is 0.588. The van der Waals surface area contributed by atoms with Crippen molar-refractivity contribution in [3.05, 3.63) is 22.3 Å². The summed E-state index contributed by atoms with van der Waals surface area (Å²) in [6, 6.07) is 0. The first-order chi connectivity index (χ1) is 5.59. The van der Waals surface area contributed by atoms with Gasteiger partial charge in [0.25, 0.3) is 0 Å². The zero-order chi connectivity index (χ0) is 9.30. The molecule has 0 saturated carbocycles. The predicted molar refractivity (Wildman–Crippen MR) is 52.1 cm³/mol. The fraction of sp³-hybridized carbons (Fsp3) is 0.636. The maximum absolute atomic E-state index is 5.18. The van der Waals surface area contributed by atoms with Crippen molar-refractivity contribution in [3.8, 4) is 0 Å². The first-order valence-corrected chi connectivity index (χ1v) is 4.46. The average Bonchev–Trinajstić information content (AvgIpc) is 2.23. The summed E-state index contributed by atoms with van der Waals surface area (Å²) in [5.74, 6) is 0.588. The monoisotopic (exact) mass is 166 g/mol. The highest BCUT2D eigenvalue weighted by atomic mass is 16.5. The van der Waals surface area contributed by atoms with E-state index in [1.165, 1.54) is 22.3 Å².